The van der Waals surface area contributed by atoms with Crippen molar-refractivity contribution in [3.8, 4) is 5.75 Å². The molecule has 1 aliphatic heterocycles. The van der Waals surface area contributed by atoms with Gasteiger partial charge in [-0.15, -0.1) is 0 Å². The molecular formula is C53H62FN5O5Si2. The molecule has 10 nitrogen and oxygen atoms in total. The molecule has 3 atom stereocenters. The van der Waals surface area contributed by atoms with Gasteiger partial charge in [-0.05, 0) is 62.4 Å². The molecule has 0 radical (unpaired) electrons. The zero-order valence-electron chi connectivity index (χ0n) is 39.5. The van der Waals surface area contributed by atoms with Gasteiger partial charge in [0.15, 0.2) is 25.3 Å². The number of hydrogen-bond donors (Lipinski definition) is 1. The van der Waals surface area contributed by atoms with Gasteiger partial charge in [0.05, 0.1) is 32.8 Å². The van der Waals surface area contributed by atoms with Crippen LogP contribution in [0.4, 0.5) is 10.2 Å². The highest BCUT2D eigenvalue weighted by molar-refractivity contribution is 6.99. The number of imidazole rings is 1. The van der Waals surface area contributed by atoms with Crippen LogP contribution < -0.4 is 20.8 Å². The van der Waals surface area contributed by atoms with Crippen LogP contribution >= 0.6 is 0 Å². The van der Waals surface area contributed by atoms with Crippen molar-refractivity contribution in [2.24, 2.45) is 0 Å². The molecule has 0 spiro atoms. The van der Waals surface area contributed by atoms with Crippen LogP contribution in [0.25, 0.3) is 11.2 Å². The molecule has 66 heavy (non-hydrogen) atoms. The van der Waals surface area contributed by atoms with Crippen molar-refractivity contribution in [1.82, 2.24) is 19.5 Å². The summed E-state index contributed by atoms with van der Waals surface area (Å²) in [6.45, 7) is 18.1. The Morgan fingerprint density at radius 3 is 1.73 bits per heavy atom. The lowest BCUT2D eigenvalue weighted by Crippen LogP contribution is -2.68. The molecule has 0 saturated carbocycles. The zero-order valence-corrected chi connectivity index (χ0v) is 41.5. The molecule has 3 heterocycles. The maximum atomic E-state index is 15.0. The number of nitrogens with zero attached hydrogens (tertiary/aromatic N) is 4. The van der Waals surface area contributed by atoms with Gasteiger partial charge in [0, 0.05) is 6.42 Å². The number of nitrogen functional groups attached to an aromatic ring is 1. The summed E-state index contributed by atoms with van der Waals surface area (Å²) >= 11 is 0. The average molecular weight is 924 g/mol. The third-order valence-corrected chi connectivity index (χ3v) is 23.2. The zero-order chi connectivity index (χ0) is 47.0. The van der Waals surface area contributed by atoms with E-state index in [1.165, 1.54) is 0 Å². The molecular weight excluding hydrogens is 862 g/mol. The standard InChI is InChI=1S/C53H62FN5O5Si2/c1-50(2,3)65(8,9)64-44-34-45(59-37-56-46-47(55)57-49(54)58-48(46)59)63-52(44,36-62-66(51(4,5)6,42-26-18-12-19-27-42)43-28-20-13-21-29-43)35-61-53(38-22-14-10-15-23-38,39-24-16-11-17-25-39)40-30-32-41(60-7)33-31-40/h10-33,37,44-45H,34-36H2,1-9H3,(H2,55,57,58)/t44-,45+,52+/m0/s1. The van der Waals surface area contributed by atoms with E-state index in [0.29, 0.717) is 6.42 Å². The Morgan fingerprint density at radius 2 is 1.23 bits per heavy atom. The van der Waals surface area contributed by atoms with Crippen LogP contribution in [0.2, 0.25) is 23.2 Å². The summed E-state index contributed by atoms with van der Waals surface area (Å²) in [5, 5.41) is 1.71. The lowest BCUT2D eigenvalue weighted by molar-refractivity contribution is -0.172. The molecule has 2 aromatic heterocycles. The summed E-state index contributed by atoms with van der Waals surface area (Å²) < 4.78 is 53.4. The van der Waals surface area contributed by atoms with E-state index in [4.69, 9.17) is 28.8 Å². The maximum Gasteiger partial charge on any atom is 0.312 e. The Labute approximate surface area is 390 Å². The number of aromatic nitrogens is 4. The molecule has 1 aliphatic rings. The Kier molecular flexibility index (Phi) is 13.0. The van der Waals surface area contributed by atoms with E-state index in [2.05, 4.69) is 155 Å². The van der Waals surface area contributed by atoms with Gasteiger partial charge in [-0.1, -0.05) is 175 Å². The Morgan fingerprint density at radius 1 is 0.712 bits per heavy atom. The molecule has 13 heteroatoms. The van der Waals surface area contributed by atoms with Gasteiger partial charge in [-0.25, -0.2) is 4.98 Å². The summed E-state index contributed by atoms with van der Waals surface area (Å²) in [5.41, 5.74) is 7.03. The minimum Gasteiger partial charge on any atom is -0.497 e. The van der Waals surface area contributed by atoms with Crippen molar-refractivity contribution in [2.45, 2.75) is 94.7 Å². The summed E-state index contributed by atoms with van der Waals surface area (Å²) in [5.74, 6) is 0.671. The molecule has 1 saturated heterocycles. The minimum atomic E-state index is -3.21. The van der Waals surface area contributed by atoms with Crippen molar-refractivity contribution in [2.75, 3.05) is 26.1 Å². The van der Waals surface area contributed by atoms with Gasteiger partial charge in [-0.3, -0.25) is 4.57 Å². The second-order valence-corrected chi connectivity index (χ2v) is 28.9. The number of rotatable bonds is 15. The van der Waals surface area contributed by atoms with E-state index in [-0.39, 0.29) is 40.3 Å². The number of benzene rings is 5. The van der Waals surface area contributed by atoms with Crippen LogP contribution in [0.3, 0.4) is 0 Å². The normalized spacial score (nSPS) is 18.5. The van der Waals surface area contributed by atoms with Crippen molar-refractivity contribution >= 4 is 44.0 Å². The quantitative estimate of drug-likeness (QED) is 0.0610. The van der Waals surface area contributed by atoms with E-state index < -0.39 is 46.2 Å². The Hall–Kier alpha value is -5.55. The fourth-order valence-electron chi connectivity index (χ4n) is 9.21. The van der Waals surface area contributed by atoms with E-state index in [9.17, 15) is 0 Å². The molecule has 344 valence electrons. The number of hydrogen-bond acceptors (Lipinski definition) is 9. The summed E-state index contributed by atoms with van der Waals surface area (Å²) in [7, 11) is -4.13. The molecule has 5 aromatic carbocycles. The first-order chi connectivity index (χ1) is 31.4. The summed E-state index contributed by atoms with van der Waals surface area (Å²) in [4.78, 5) is 12.6. The molecule has 0 bridgehead atoms. The van der Waals surface area contributed by atoms with Gasteiger partial charge in [0.2, 0.25) is 0 Å². The van der Waals surface area contributed by atoms with Crippen molar-refractivity contribution < 1.29 is 27.5 Å². The van der Waals surface area contributed by atoms with Gasteiger partial charge in [0.25, 0.3) is 8.32 Å². The van der Waals surface area contributed by atoms with Gasteiger partial charge >= 0.3 is 6.08 Å². The minimum absolute atomic E-state index is 0.00885. The lowest BCUT2D eigenvalue weighted by atomic mass is 9.79. The van der Waals surface area contributed by atoms with Crippen LogP contribution in [-0.2, 0) is 23.9 Å². The highest BCUT2D eigenvalue weighted by Gasteiger charge is 2.59. The smallest absolute Gasteiger partial charge is 0.312 e. The predicted molar refractivity (Wildman–Crippen MR) is 265 cm³/mol. The number of nitrogens with two attached hydrogens (primary N) is 1. The van der Waals surface area contributed by atoms with E-state index in [0.717, 1.165) is 32.8 Å². The number of methoxy groups -OCH3 is 1. The van der Waals surface area contributed by atoms with Crippen molar-refractivity contribution in [3.63, 3.8) is 0 Å². The first-order valence-corrected chi connectivity index (χ1v) is 27.4. The highest BCUT2D eigenvalue weighted by Crippen LogP contribution is 2.49. The molecule has 0 aliphatic carbocycles. The van der Waals surface area contributed by atoms with E-state index in [1.54, 1.807) is 18.0 Å². The van der Waals surface area contributed by atoms with Crippen molar-refractivity contribution in [3.05, 3.63) is 175 Å². The molecule has 1 fully saturated rings. The summed E-state index contributed by atoms with van der Waals surface area (Å²) in [6.07, 6.45) is -0.340. The first kappa shape index (κ1) is 47.0. The largest absolute Gasteiger partial charge is 0.497 e. The number of fused-ring (bicyclic) bond motifs is 1. The third-order valence-electron chi connectivity index (χ3n) is 13.7. The predicted octanol–water partition coefficient (Wildman–Crippen LogP) is 10.2. The fourth-order valence-corrected chi connectivity index (χ4v) is 15.2. The number of anilines is 1. The monoisotopic (exact) mass is 923 g/mol. The topological polar surface area (TPSA) is 116 Å². The van der Waals surface area contributed by atoms with E-state index in [1.807, 2.05) is 60.7 Å². The van der Waals surface area contributed by atoms with Crippen LogP contribution in [-0.4, -0.2) is 68.2 Å². The Bertz CT molecular complexity index is 2640. The van der Waals surface area contributed by atoms with Gasteiger partial charge < -0.3 is 28.8 Å². The fraction of sp³-hybridized carbons (Fsp3) is 0.340. The van der Waals surface area contributed by atoms with Gasteiger partial charge in [-0.2, -0.15) is 14.4 Å². The molecule has 0 unspecified atom stereocenters. The number of halogens is 1. The first-order valence-electron chi connectivity index (χ1n) is 22.6. The summed E-state index contributed by atoms with van der Waals surface area (Å²) in [6, 6.07) is 49.7. The van der Waals surface area contributed by atoms with Crippen LogP contribution in [0.1, 0.15) is 70.9 Å². The SMILES string of the molecule is COc1ccc(C(OC[C@]2(CO[Si](c3ccccc3)(c3ccccc3)C(C)(C)C)O[C@@H](n3cnc4c(N)nc(F)nc43)C[C@@H]2O[Si](C)(C)C(C)(C)C)(c2ccccc2)c2ccccc2)cc1. The second-order valence-electron chi connectivity index (χ2n) is 19.8. The van der Waals surface area contributed by atoms with Crippen LogP contribution in [0.15, 0.2) is 152 Å². The Balaban J connectivity index is 1.37. The second kappa shape index (κ2) is 18.3. The van der Waals surface area contributed by atoms with E-state index >= 15 is 4.39 Å². The molecule has 0 amide bonds. The maximum absolute atomic E-state index is 15.0. The molecule has 8 rings (SSSR count). The lowest BCUT2D eigenvalue weighted by Gasteiger charge is -2.48. The highest BCUT2D eigenvalue weighted by atomic mass is 28.4. The van der Waals surface area contributed by atoms with Gasteiger partial charge in [0.1, 0.15) is 23.2 Å². The average Bonchev–Trinajstić information content (AvgIpc) is 3.89. The molecule has 2 N–H and O–H groups in total. The van der Waals surface area contributed by atoms with Crippen LogP contribution in [0, 0.1) is 6.08 Å². The third kappa shape index (κ3) is 8.64. The number of ether oxygens (including phenoxy) is 3. The van der Waals surface area contributed by atoms with Crippen LogP contribution in [0.5, 0.6) is 5.75 Å². The van der Waals surface area contributed by atoms with Crippen molar-refractivity contribution in [1.29, 1.82) is 0 Å². The molecule has 7 aromatic rings.